The van der Waals surface area contributed by atoms with Crippen LogP contribution < -0.4 is 5.32 Å². The Hall–Kier alpha value is -1.07. The maximum absolute atomic E-state index is 6.01. The van der Waals surface area contributed by atoms with E-state index in [1.165, 1.54) is 0 Å². The summed E-state index contributed by atoms with van der Waals surface area (Å²) in [4.78, 5) is 1.14. The van der Waals surface area contributed by atoms with Crippen LogP contribution in [0.5, 0.6) is 0 Å². The fourth-order valence-electron chi connectivity index (χ4n) is 1.82. The molecule has 20 heavy (non-hydrogen) atoms. The molecule has 1 unspecified atom stereocenters. The quantitative estimate of drug-likeness (QED) is 0.555. The summed E-state index contributed by atoms with van der Waals surface area (Å²) in [5, 5.41) is 3.44. The molecule has 2 aromatic heterocycles. The normalized spacial score (nSPS) is 12.4. The van der Waals surface area contributed by atoms with Crippen molar-refractivity contribution in [1.29, 1.82) is 0 Å². The van der Waals surface area contributed by atoms with E-state index in [0.717, 1.165) is 27.9 Å². The summed E-state index contributed by atoms with van der Waals surface area (Å²) >= 11 is 7.57. The Morgan fingerprint density at radius 2 is 2.30 bits per heavy atom. The fraction of sp³-hybridized carbons (Fsp3) is 0.333. The van der Waals surface area contributed by atoms with Gasteiger partial charge in [0, 0.05) is 11.4 Å². The van der Waals surface area contributed by atoms with Gasteiger partial charge in [0.1, 0.15) is 11.8 Å². The summed E-state index contributed by atoms with van der Waals surface area (Å²) in [7, 11) is 0. The molecular formula is C15H18ClNO2S. The summed E-state index contributed by atoms with van der Waals surface area (Å²) < 4.78 is 11.8. The number of nitrogens with one attached hydrogen (secondary N) is 1. The lowest BCUT2D eigenvalue weighted by Gasteiger charge is -2.15. The number of rotatable bonds is 9. The van der Waals surface area contributed by atoms with Crippen molar-refractivity contribution in [3.05, 3.63) is 58.2 Å². The summed E-state index contributed by atoms with van der Waals surface area (Å²) in [6.07, 6.45) is 4.41. The first-order chi connectivity index (χ1) is 9.81. The Kier molecular flexibility index (Phi) is 6.33. The molecule has 2 aromatic rings. The Labute approximate surface area is 128 Å². The summed E-state index contributed by atoms with van der Waals surface area (Å²) in [6.45, 7) is 5.78. The van der Waals surface area contributed by atoms with Crippen molar-refractivity contribution < 1.29 is 9.15 Å². The summed E-state index contributed by atoms with van der Waals surface area (Å²) in [5.74, 6) is 0.884. The van der Waals surface area contributed by atoms with Gasteiger partial charge in [-0.1, -0.05) is 17.7 Å². The highest BCUT2D eigenvalue weighted by Crippen LogP contribution is 2.31. The molecule has 2 heterocycles. The van der Waals surface area contributed by atoms with Gasteiger partial charge >= 0.3 is 0 Å². The van der Waals surface area contributed by atoms with Gasteiger partial charge in [-0.2, -0.15) is 0 Å². The first kappa shape index (κ1) is 15.3. The number of furan rings is 1. The van der Waals surface area contributed by atoms with Crippen LogP contribution in [0.4, 0.5) is 0 Å². The van der Waals surface area contributed by atoms with E-state index in [0.29, 0.717) is 13.2 Å². The molecule has 0 aliphatic carbocycles. The van der Waals surface area contributed by atoms with Crippen molar-refractivity contribution in [2.45, 2.75) is 12.5 Å². The molecule has 0 fully saturated rings. The van der Waals surface area contributed by atoms with E-state index in [2.05, 4.69) is 11.9 Å². The third-order valence-corrected chi connectivity index (χ3v) is 4.06. The lowest BCUT2D eigenvalue weighted by molar-refractivity contribution is 0.138. The fourth-order valence-corrected chi connectivity index (χ4v) is 2.97. The minimum absolute atomic E-state index is 0.0190. The maximum atomic E-state index is 6.01. The largest absolute Gasteiger partial charge is 0.467 e. The van der Waals surface area contributed by atoms with Crippen LogP contribution in [-0.4, -0.2) is 19.8 Å². The Morgan fingerprint density at radius 3 is 2.95 bits per heavy atom. The van der Waals surface area contributed by atoms with Crippen molar-refractivity contribution in [3.8, 4) is 0 Å². The standard InChI is InChI=1S/C15H18ClNO2S/c1-2-3-9-18-11-8-17-15(12-5-4-10-19-12)13-6-7-14(16)20-13/h2,4-7,10,15,17H,1,3,8-9,11H2. The minimum atomic E-state index is 0.0190. The molecule has 0 spiro atoms. The van der Waals surface area contributed by atoms with Crippen LogP contribution in [0.3, 0.4) is 0 Å². The number of hydrogen-bond acceptors (Lipinski definition) is 4. The first-order valence-corrected chi connectivity index (χ1v) is 7.71. The molecule has 2 rings (SSSR count). The second-order valence-corrected chi connectivity index (χ2v) is 5.98. The number of thiophene rings is 1. The van der Waals surface area contributed by atoms with Gasteiger partial charge < -0.3 is 14.5 Å². The first-order valence-electron chi connectivity index (χ1n) is 6.52. The van der Waals surface area contributed by atoms with Gasteiger partial charge in [-0.05, 0) is 30.7 Å². The molecule has 108 valence electrons. The second kappa shape index (κ2) is 8.27. The van der Waals surface area contributed by atoms with E-state index in [4.69, 9.17) is 20.8 Å². The van der Waals surface area contributed by atoms with Crippen LogP contribution >= 0.6 is 22.9 Å². The van der Waals surface area contributed by atoms with Crippen LogP contribution in [0.25, 0.3) is 0 Å². The van der Waals surface area contributed by atoms with Gasteiger partial charge in [0.25, 0.3) is 0 Å². The van der Waals surface area contributed by atoms with Crippen molar-refractivity contribution in [2.24, 2.45) is 0 Å². The van der Waals surface area contributed by atoms with Gasteiger partial charge in [-0.3, -0.25) is 0 Å². The molecule has 0 amide bonds. The highest BCUT2D eigenvalue weighted by atomic mass is 35.5. The van der Waals surface area contributed by atoms with E-state index in [1.54, 1.807) is 17.6 Å². The van der Waals surface area contributed by atoms with Gasteiger partial charge in [0.15, 0.2) is 0 Å². The SMILES string of the molecule is C=CCCOCCNC(c1ccco1)c1ccc(Cl)s1. The minimum Gasteiger partial charge on any atom is -0.467 e. The van der Waals surface area contributed by atoms with E-state index in [9.17, 15) is 0 Å². The number of halogens is 1. The zero-order valence-electron chi connectivity index (χ0n) is 11.2. The van der Waals surface area contributed by atoms with E-state index >= 15 is 0 Å². The number of hydrogen-bond donors (Lipinski definition) is 1. The van der Waals surface area contributed by atoms with E-state index in [-0.39, 0.29) is 6.04 Å². The predicted molar refractivity (Wildman–Crippen MR) is 83.5 cm³/mol. The van der Waals surface area contributed by atoms with Crippen LogP contribution in [0, 0.1) is 0 Å². The number of ether oxygens (including phenoxy) is 1. The third kappa shape index (κ3) is 4.49. The highest BCUT2D eigenvalue weighted by molar-refractivity contribution is 7.16. The molecule has 0 saturated heterocycles. The Balaban J connectivity index is 1.89. The van der Waals surface area contributed by atoms with Crippen molar-refractivity contribution in [1.82, 2.24) is 5.32 Å². The molecule has 0 aliphatic rings. The topological polar surface area (TPSA) is 34.4 Å². The molecule has 0 aromatic carbocycles. The molecule has 1 N–H and O–H groups in total. The summed E-state index contributed by atoms with van der Waals surface area (Å²) in [5.41, 5.74) is 0. The molecule has 1 atom stereocenters. The van der Waals surface area contributed by atoms with Gasteiger partial charge in [-0.15, -0.1) is 17.9 Å². The lowest BCUT2D eigenvalue weighted by atomic mass is 10.2. The summed E-state index contributed by atoms with van der Waals surface area (Å²) in [6, 6.07) is 7.79. The Morgan fingerprint density at radius 1 is 1.40 bits per heavy atom. The molecule has 3 nitrogen and oxygen atoms in total. The van der Waals surface area contributed by atoms with Crippen molar-refractivity contribution >= 4 is 22.9 Å². The second-order valence-electron chi connectivity index (χ2n) is 4.23. The predicted octanol–water partition coefficient (Wildman–Crippen LogP) is 4.27. The van der Waals surface area contributed by atoms with Crippen LogP contribution in [0.1, 0.15) is 23.1 Å². The smallest absolute Gasteiger partial charge is 0.126 e. The van der Waals surface area contributed by atoms with Gasteiger partial charge in [0.2, 0.25) is 0 Å². The molecular weight excluding hydrogens is 294 g/mol. The zero-order valence-corrected chi connectivity index (χ0v) is 12.8. The Bertz CT molecular complexity index is 510. The van der Waals surface area contributed by atoms with Crippen molar-refractivity contribution in [2.75, 3.05) is 19.8 Å². The monoisotopic (exact) mass is 311 g/mol. The molecule has 5 heteroatoms. The molecule has 0 aliphatic heterocycles. The third-order valence-electron chi connectivity index (χ3n) is 2.77. The van der Waals surface area contributed by atoms with Crippen LogP contribution in [-0.2, 0) is 4.74 Å². The highest BCUT2D eigenvalue weighted by Gasteiger charge is 2.18. The lowest BCUT2D eigenvalue weighted by Crippen LogP contribution is -2.25. The van der Waals surface area contributed by atoms with Crippen LogP contribution in [0.15, 0.2) is 47.6 Å². The average Bonchev–Trinajstić information content (AvgIpc) is 3.10. The van der Waals surface area contributed by atoms with E-state index in [1.807, 2.05) is 30.3 Å². The maximum Gasteiger partial charge on any atom is 0.126 e. The molecule has 0 radical (unpaired) electrons. The molecule has 0 bridgehead atoms. The van der Waals surface area contributed by atoms with Crippen LogP contribution in [0.2, 0.25) is 4.34 Å². The molecule has 0 saturated carbocycles. The van der Waals surface area contributed by atoms with Crippen molar-refractivity contribution in [3.63, 3.8) is 0 Å². The van der Waals surface area contributed by atoms with Gasteiger partial charge in [-0.25, -0.2) is 0 Å². The zero-order chi connectivity index (χ0) is 14.2. The average molecular weight is 312 g/mol. The van der Waals surface area contributed by atoms with Gasteiger partial charge in [0.05, 0.1) is 23.8 Å². The van der Waals surface area contributed by atoms with E-state index < -0.39 is 0 Å².